The molecule has 3 atom stereocenters. The minimum Gasteiger partial charge on any atom is -0.543 e. The fourth-order valence-electron chi connectivity index (χ4n) is 2.85. The summed E-state index contributed by atoms with van der Waals surface area (Å²) in [6.45, 7) is 1.54. The number of carbonyl (C=O) groups excluding carboxylic acids is 2. The number of hydrogen-bond donors (Lipinski definition) is 1. The van der Waals surface area contributed by atoms with Gasteiger partial charge >= 0.3 is 29.6 Å². The van der Waals surface area contributed by atoms with Crippen molar-refractivity contribution in [2.45, 2.75) is 25.5 Å². The van der Waals surface area contributed by atoms with E-state index in [-0.39, 0.29) is 47.2 Å². The van der Waals surface area contributed by atoms with Gasteiger partial charge in [0.05, 0.1) is 40.9 Å². The minimum absolute atomic E-state index is 0. The number of aromatic nitrogens is 1. The molecule has 0 radical (unpaired) electrons. The third-order valence-electron chi connectivity index (χ3n) is 3.66. The third-order valence-corrected chi connectivity index (χ3v) is 4.25. The number of fused-ring (bicyclic) bond motifs is 1. The van der Waals surface area contributed by atoms with Crippen LogP contribution in [0.2, 0.25) is 0 Å². The SMILES string of the molecule is C[C@@H](O)[C@H]1C(=O)N2C(C(=O)[O-])=C(c3cscn3)C[C@H]12.[Na+]. The Morgan fingerprint density at radius 3 is 2.85 bits per heavy atom. The molecule has 3 heterocycles. The molecule has 1 aromatic rings. The molecule has 1 fully saturated rings. The Kier molecular flexibility index (Phi) is 4.36. The van der Waals surface area contributed by atoms with Gasteiger partial charge in [-0.2, -0.15) is 0 Å². The topological polar surface area (TPSA) is 93.6 Å². The summed E-state index contributed by atoms with van der Waals surface area (Å²) < 4.78 is 0. The molecular formula is C12H11N2NaO4S. The van der Waals surface area contributed by atoms with Gasteiger partial charge in [0.25, 0.3) is 0 Å². The number of aliphatic hydroxyl groups excluding tert-OH is 1. The Morgan fingerprint density at radius 1 is 1.65 bits per heavy atom. The van der Waals surface area contributed by atoms with Crippen LogP contribution in [0, 0.1) is 5.92 Å². The molecule has 1 saturated heterocycles. The molecule has 0 aromatic carbocycles. The molecular weight excluding hydrogens is 291 g/mol. The maximum absolute atomic E-state index is 11.9. The van der Waals surface area contributed by atoms with Crippen LogP contribution in [0.4, 0.5) is 0 Å². The van der Waals surface area contributed by atoms with Gasteiger partial charge in [-0.05, 0) is 13.3 Å². The van der Waals surface area contributed by atoms with E-state index >= 15 is 0 Å². The fraction of sp³-hybridized carbons (Fsp3) is 0.417. The number of hydrogen-bond acceptors (Lipinski definition) is 6. The first-order valence-electron chi connectivity index (χ1n) is 5.86. The van der Waals surface area contributed by atoms with Crippen LogP contribution in [0.3, 0.4) is 0 Å². The molecule has 0 aliphatic carbocycles. The van der Waals surface area contributed by atoms with Crippen molar-refractivity contribution in [3.63, 3.8) is 0 Å². The number of aliphatic carboxylic acids is 1. The summed E-state index contributed by atoms with van der Waals surface area (Å²) in [4.78, 5) is 28.5. The second kappa shape index (κ2) is 5.57. The third kappa shape index (κ3) is 2.14. The van der Waals surface area contributed by atoms with Crippen LogP contribution in [0.5, 0.6) is 0 Å². The second-order valence-electron chi connectivity index (χ2n) is 4.73. The molecule has 20 heavy (non-hydrogen) atoms. The Bertz CT molecular complexity index is 584. The Morgan fingerprint density at radius 2 is 2.35 bits per heavy atom. The molecule has 1 amide bonds. The molecule has 3 rings (SSSR count). The number of thiazole rings is 1. The summed E-state index contributed by atoms with van der Waals surface area (Å²) in [5.74, 6) is -2.27. The number of amides is 1. The molecule has 6 nitrogen and oxygen atoms in total. The number of carboxylic acids is 1. The van der Waals surface area contributed by atoms with Crippen LogP contribution >= 0.6 is 11.3 Å². The van der Waals surface area contributed by atoms with Gasteiger partial charge in [-0.3, -0.25) is 4.79 Å². The monoisotopic (exact) mass is 302 g/mol. The maximum atomic E-state index is 11.9. The summed E-state index contributed by atoms with van der Waals surface area (Å²) in [6, 6.07) is -0.294. The van der Waals surface area contributed by atoms with Crippen LogP contribution in [0.25, 0.3) is 5.57 Å². The van der Waals surface area contributed by atoms with Gasteiger partial charge in [0, 0.05) is 11.0 Å². The standard InChI is InChI=1S/C12H12N2O4S.Na/c1-5(15)9-8-2-6(7-3-19-4-13-7)10(12(17)18)14(8)11(9)16;/h3-5,8-9,15H,2H2,1H3,(H,17,18);/q;+1/p-1/t5-,8-,9-;/m1./s1. The first-order valence-corrected chi connectivity index (χ1v) is 6.81. The summed E-state index contributed by atoms with van der Waals surface area (Å²) in [6.07, 6.45) is -0.388. The Hall–Kier alpha value is -0.730. The average molecular weight is 302 g/mol. The zero-order valence-corrected chi connectivity index (χ0v) is 13.9. The van der Waals surface area contributed by atoms with Gasteiger partial charge in [0.15, 0.2) is 0 Å². The van der Waals surface area contributed by atoms with Crippen molar-refractivity contribution in [2.75, 3.05) is 0 Å². The zero-order valence-electron chi connectivity index (χ0n) is 11.1. The number of carbonyl (C=O) groups is 2. The summed E-state index contributed by atoms with van der Waals surface area (Å²) in [7, 11) is 0. The predicted molar refractivity (Wildman–Crippen MR) is 64.5 cm³/mol. The Labute approximate surface area is 141 Å². The van der Waals surface area contributed by atoms with Crippen molar-refractivity contribution in [3.8, 4) is 0 Å². The van der Waals surface area contributed by atoms with Gasteiger partial charge in [-0.1, -0.05) is 0 Å². The largest absolute Gasteiger partial charge is 1.00 e. The molecule has 1 aromatic heterocycles. The van der Waals surface area contributed by atoms with Gasteiger partial charge in [-0.25, -0.2) is 4.98 Å². The molecule has 2 aliphatic heterocycles. The molecule has 0 spiro atoms. The van der Waals surface area contributed by atoms with E-state index in [2.05, 4.69) is 4.98 Å². The van der Waals surface area contributed by atoms with E-state index in [4.69, 9.17) is 0 Å². The molecule has 0 unspecified atom stereocenters. The van der Waals surface area contributed by atoms with Crippen molar-refractivity contribution in [1.29, 1.82) is 0 Å². The molecule has 2 aliphatic rings. The molecule has 8 heteroatoms. The molecule has 100 valence electrons. The first kappa shape index (κ1) is 15.7. The van der Waals surface area contributed by atoms with Crippen LogP contribution in [0.15, 0.2) is 16.6 Å². The van der Waals surface area contributed by atoms with Crippen LogP contribution in [-0.4, -0.2) is 39.0 Å². The number of carboxylic acid groups (broad SMARTS) is 1. The predicted octanol–water partition coefficient (Wildman–Crippen LogP) is -3.78. The van der Waals surface area contributed by atoms with Gasteiger partial charge in [-0.15, -0.1) is 11.3 Å². The second-order valence-corrected chi connectivity index (χ2v) is 5.45. The van der Waals surface area contributed by atoms with E-state index in [0.29, 0.717) is 17.7 Å². The summed E-state index contributed by atoms with van der Waals surface area (Å²) in [5.41, 5.74) is 2.59. The van der Waals surface area contributed by atoms with E-state index in [9.17, 15) is 19.8 Å². The van der Waals surface area contributed by atoms with Crippen LogP contribution < -0.4 is 34.7 Å². The quantitative estimate of drug-likeness (QED) is 0.457. The van der Waals surface area contributed by atoms with E-state index < -0.39 is 18.0 Å². The number of aliphatic hydroxyl groups is 1. The molecule has 1 N–H and O–H groups in total. The van der Waals surface area contributed by atoms with Crippen molar-refractivity contribution in [2.24, 2.45) is 5.92 Å². The van der Waals surface area contributed by atoms with E-state index in [1.165, 1.54) is 16.2 Å². The fourth-order valence-corrected chi connectivity index (χ4v) is 3.42. The first-order chi connectivity index (χ1) is 9.02. The van der Waals surface area contributed by atoms with E-state index in [0.717, 1.165) is 0 Å². The van der Waals surface area contributed by atoms with Crippen LogP contribution in [-0.2, 0) is 9.59 Å². The maximum Gasteiger partial charge on any atom is 1.00 e. The van der Waals surface area contributed by atoms with Crippen molar-refractivity contribution >= 4 is 28.8 Å². The summed E-state index contributed by atoms with van der Waals surface area (Å²) >= 11 is 1.36. The van der Waals surface area contributed by atoms with E-state index in [1.807, 2.05) is 0 Å². The molecule has 0 saturated carbocycles. The minimum atomic E-state index is -1.37. The Balaban J connectivity index is 0.00000147. The number of nitrogens with zero attached hydrogens (tertiary/aromatic N) is 2. The average Bonchev–Trinajstić information content (AvgIpc) is 2.92. The van der Waals surface area contributed by atoms with Crippen LogP contribution in [0.1, 0.15) is 19.0 Å². The van der Waals surface area contributed by atoms with Crippen molar-refractivity contribution < 1.29 is 49.4 Å². The zero-order chi connectivity index (χ0) is 13.7. The smallest absolute Gasteiger partial charge is 0.543 e. The van der Waals surface area contributed by atoms with Gasteiger partial charge in [0.2, 0.25) is 5.91 Å². The molecule has 0 bridgehead atoms. The van der Waals surface area contributed by atoms with Crippen molar-refractivity contribution in [3.05, 3.63) is 22.3 Å². The van der Waals surface area contributed by atoms with Gasteiger partial charge in [0.1, 0.15) is 0 Å². The van der Waals surface area contributed by atoms with E-state index in [1.54, 1.807) is 17.8 Å². The number of β-lactam (4-membered cyclic amide) rings is 1. The number of rotatable bonds is 3. The van der Waals surface area contributed by atoms with Gasteiger partial charge < -0.3 is 19.9 Å². The summed E-state index contributed by atoms with van der Waals surface area (Å²) in [5, 5.41) is 22.6. The van der Waals surface area contributed by atoms with Crippen molar-refractivity contribution in [1.82, 2.24) is 9.88 Å². The normalized spacial score (nSPS) is 25.9.